The van der Waals surface area contributed by atoms with Gasteiger partial charge < -0.3 is 19.5 Å². The third-order valence-corrected chi connectivity index (χ3v) is 8.60. The van der Waals surface area contributed by atoms with Crippen LogP contribution in [0.2, 0.25) is 0 Å². The maximum absolute atomic E-state index is 15.4. The number of pyridine rings is 1. The number of fused-ring (bicyclic) bond motifs is 3. The molecule has 3 atom stereocenters. The first-order chi connectivity index (χ1) is 20.4. The highest BCUT2D eigenvalue weighted by Gasteiger charge is 2.42. The number of nitrogens with one attached hydrogen (secondary N) is 1. The molecule has 7 rings (SSSR count). The highest BCUT2D eigenvalue weighted by molar-refractivity contribution is 5.88. The Labute approximate surface area is 242 Å². The summed E-state index contributed by atoms with van der Waals surface area (Å²) in [5, 5.41) is 3.15. The zero-order chi connectivity index (χ0) is 29.0. The Balaban J connectivity index is 1.11. The van der Waals surface area contributed by atoms with Gasteiger partial charge in [0.1, 0.15) is 29.2 Å². The highest BCUT2D eigenvalue weighted by atomic mass is 19.1. The van der Waals surface area contributed by atoms with Gasteiger partial charge in [-0.25, -0.2) is 24.3 Å². The van der Waals surface area contributed by atoms with E-state index < -0.39 is 5.82 Å². The zero-order valence-electron chi connectivity index (χ0n) is 23.4. The van der Waals surface area contributed by atoms with E-state index in [9.17, 15) is 4.79 Å². The molecule has 1 N–H and O–H groups in total. The molecule has 1 amide bonds. The van der Waals surface area contributed by atoms with Crippen molar-refractivity contribution in [2.24, 2.45) is 18.9 Å². The smallest absolute Gasteiger partial charge is 0.245 e. The van der Waals surface area contributed by atoms with E-state index in [0.717, 1.165) is 48.2 Å². The topological polar surface area (TPSA) is 98.1 Å². The first-order valence-corrected chi connectivity index (χ1v) is 14.1. The number of hydrogen-bond acceptors (Lipinski definition) is 7. The quantitative estimate of drug-likeness (QED) is 0.252. The van der Waals surface area contributed by atoms with Crippen LogP contribution in [0.1, 0.15) is 30.0 Å². The van der Waals surface area contributed by atoms with Gasteiger partial charge in [0, 0.05) is 43.9 Å². The Morgan fingerprint density at radius 3 is 2.67 bits per heavy atom. The van der Waals surface area contributed by atoms with Crippen molar-refractivity contribution < 1.29 is 13.9 Å². The van der Waals surface area contributed by atoms with Gasteiger partial charge in [-0.3, -0.25) is 4.79 Å². The Morgan fingerprint density at radius 2 is 1.88 bits per heavy atom. The zero-order valence-corrected chi connectivity index (χ0v) is 23.4. The van der Waals surface area contributed by atoms with Gasteiger partial charge in [0.05, 0.1) is 28.6 Å². The fraction of sp³-hybridized carbons (Fsp3) is 0.281. The Hall–Kier alpha value is -4.86. The number of halogens is 1. The summed E-state index contributed by atoms with van der Waals surface area (Å²) in [6, 6.07) is 12.7. The van der Waals surface area contributed by atoms with Gasteiger partial charge in [-0.1, -0.05) is 6.58 Å². The van der Waals surface area contributed by atoms with Crippen LogP contribution >= 0.6 is 0 Å². The van der Waals surface area contributed by atoms with Gasteiger partial charge in [0.25, 0.3) is 0 Å². The van der Waals surface area contributed by atoms with Crippen molar-refractivity contribution in [3.8, 4) is 11.5 Å². The van der Waals surface area contributed by atoms with E-state index in [4.69, 9.17) is 9.72 Å². The summed E-state index contributed by atoms with van der Waals surface area (Å²) in [5.41, 5.74) is 5.07. The molecule has 212 valence electrons. The summed E-state index contributed by atoms with van der Waals surface area (Å²) in [6.45, 7) is 7.03. The molecule has 2 aliphatic rings. The van der Waals surface area contributed by atoms with Gasteiger partial charge in [0.15, 0.2) is 5.82 Å². The summed E-state index contributed by atoms with van der Waals surface area (Å²) >= 11 is 0. The van der Waals surface area contributed by atoms with E-state index >= 15 is 4.39 Å². The van der Waals surface area contributed by atoms with Gasteiger partial charge >= 0.3 is 0 Å². The maximum Gasteiger partial charge on any atom is 0.245 e. The van der Waals surface area contributed by atoms with E-state index in [2.05, 4.69) is 26.8 Å². The van der Waals surface area contributed by atoms with Crippen LogP contribution in [0.3, 0.4) is 0 Å². The summed E-state index contributed by atoms with van der Waals surface area (Å²) in [6.07, 6.45) is 6.54. The lowest BCUT2D eigenvalue weighted by Crippen LogP contribution is -2.27. The molecule has 2 fully saturated rings. The third kappa shape index (κ3) is 4.62. The van der Waals surface area contributed by atoms with E-state index in [1.54, 1.807) is 12.4 Å². The lowest BCUT2D eigenvalue weighted by atomic mass is 10.0. The first-order valence-electron chi connectivity index (χ1n) is 14.1. The monoisotopic (exact) mass is 563 g/mol. The predicted molar refractivity (Wildman–Crippen MR) is 158 cm³/mol. The number of anilines is 2. The number of aromatic nitrogens is 5. The van der Waals surface area contributed by atoms with Gasteiger partial charge in [-0.2, -0.15) is 0 Å². The van der Waals surface area contributed by atoms with Crippen LogP contribution in [0.15, 0.2) is 67.8 Å². The Morgan fingerprint density at radius 1 is 1.07 bits per heavy atom. The van der Waals surface area contributed by atoms with E-state index in [-0.39, 0.29) is 11.6 Å². The first kappa shape index (κ1) is 26.1. The van der Waals surface area contributed by atoms with Crippen LogP contribution < -0.4 is 10.1 Å². The van der Waals surface area contributed by atoms with E-state index in [1.165, 1.54) is 18.5 Å². The summed E-state index contributed by atoms with van der Waals surface area (Å²) in [4.78, 5) is 32.1. The molecule has 0 radical (unpaired) electrons. The third-order valence-electron chi connectivity index (χ3n) is 8.60. The van der Waals surface area contributed by atoms with Gasteiger partial charge in [-0.05, 0) is 73.6 Å². The molecule has 5 aromatic rings. The number of benzene rings is 2. The molecule has 1 saturated heterocycles. The summed E-state index contributed by atoms with van der Waals surface area (Å²) in [5.74, 6) is 2.19. The summed E-state index contributed by atoms with van der Waals surface area (Å²) < 4.78 is 23.4. The number of amides is 1. The molecule has 3 aromatic heterocycles. The molecule has 1 aliphatic heterocycles. The Bertz CT molecular complexity index is 1860. The largest absolute Gasteiger partial charge is 0.457 e. The van der Waals surface area contributed by atoms with Crippen LogP contribution in [0.4, 0.5) is 15.9 Å². The molecule has 4 heterocycles. The van der Waals surface area contributed by atoms with Crippen molar-refractivity contribution in [2.75, 3.05) is 18.4 Å². The number of aryl methyl sites for hydroxylation is 2. The molecule has 9 nitrogen and oxygen atoms in total. The fourth-order valence-electron chi connectivity index (χ4n) is 6.43. The number of nitrogens with zero attached hydrogens (tertiary/aromatic N) is 6. The molecule has 10 heteroatoms. The normalized spacial score (nSPS) is 19.8. The standard InChI is InChI=1S/C32H30FN7O2/c1-4-30(41)40-14-20-10-19(11-21(20)15-40)24-6-7-25-31(37-24)32(35-16-34-25)38-26-9-18(2)29(13-23(26)33)42-22-5-8-28-27(12-22)36-17-39(28)3/h4-9,12-13,16-17,19-21H,1,10-11,14-15H2,2-3H3,(H,34,35,38)/t19-,20+,21?/m0/s1. The van der Waals surface area contributed by atoms with Crippen molar-refractivity contribution in [3.63, 3.8) is 0 Å². The SMILES string of the molecule is C=CC(=O)N1CC2C[C@@H](c3ccc4ncnc(Nc5cc(C)c(Oc6ccc7c(c6)ncn7C)cc5F)c4n3)C[C@@H]2C1. The number of ether oxygens (including phenoxy) is 1. The predicted octanol–water partition coefficient (Wildman–Crippen LogP) is 6.03. The van der Waals surface area contributed by atoms with Crippen molar-refractivity contribution in [2.45, 2.75) is 25.7 Å². The van der Waals surface area contributed by atoms with Crippen molar-refractivity contribution in [1.82, 2.24) is 29.4 Å². The average molecular weight is 564 g/mol. The van der Waals surface area contributed by atoms with Crippen LogP contribution in [-0.4, -0.2) is 48.4 Å². The minimum atomic E-state index is -0.473. The fourth-order valence-corrected chi connectivity index (χ4v) is 6.43. The second-order valence-corrected chi connectivity index (χ2v) is 11.3. The average Bonchev–Trinajstić information content (AvgIpc) is 3.69. The number of imidazole rings is 1. The lowest BCUT2D eigenvalue weighted by molar-refractivity contribution is -0.125. The molecule has 0 spiro atoms. The molecule has 1 unspecified atom stereocenters. The van der Waals surface area contributed by atoms with E-state index in [1.807, 2.05) is 53.8 Å². The summed E-state index contributed by atoms with van der Waals surface area (Å²) in [7, 11) is 1.93. The second-order valence-electron chi connectivity index (χ2n) is 11.3. The van der Waals surface area contributed by atoms with Crippen molar-refractivity contribution in [1.29, 1.82) is 0 Å². The molecule has 0 bridgehead atoms. The maximum atomic E-state index is 15.4. The van der Waals surface area contributed by atoms with Crippen LogP contribution in [0.5, 0.6) is 11.5 Å². The minimum absolute atomic E-state index is 0.00527. The number of carbonyl (C=O) groups is 1. The van der Waals surface area contributed by atoms with Gasteiger partial charge in [0.2, 0.25) is 5.91 Å². The molecular weight excluding hydrogens is 533 g/mol. The highest BCUT2D eigenvalue weighted by Crippen LogP contribution is 2.46. The van der Waals surface area contributed by atoms with Crippen LogP contribution in [-0.2, 0) is 11.8 Å². The van der Waals surface area contributed by atoms with Crippen molar-refractivity contribution in [3.05, 3.63) is 84.8 Å². The van der Waals surface area contributed by atoms with Gasteiger partial charge in [-0.15, -0.1) is 0 Å². The van der Waals surface area contributed by atoms with E-state index in [0.29, 0.717) is 46.1 Å². The number of likely N-dealkylation sites (tertiary alicyclic amines) is 1. The molecule has 1 saturated carbocycles. The van der Waals surface area contributed by atoms with Crippen molar-refractivity contribution >= 4 is 39.5 Å². The second kappa shape index (κ2) is 10.2. The molecule has 42 heavy (non-hydrogen) atoms. The number of carbonyl (C=O) groups excluding carboxylic acids is 1. The van der Waals surface area contributed by atoms with Crippen LogP contribution in [0.25, 0.3) is 22.1 Å². The number of hydrogen-bond donors (Lipinski definition) is 1. The lowest BCUT2D eigenvalue weighted by Gasteiger charge is -2.18. The van der Waals surface area contributed by atoms with Crippen LogP contribution in [0, 0.1) is 24.6 Å². The molecule has 2 aromatic carbocycles. The minimum Gasteiger partial charge on any atom is -0.457 e. The molecular formula is C32H30FN7O2. The Kier molecular flexibility index (Phi) is 6.33. The molecule has 1 aliphatic carbocycles. The number of rotatable bonds is 6.